The van der Waals surface area contributed by atoms with Crippen LogP contribution >= 0.6 is 0 Å². The highest BCUT2D eigenvalue weighted by Crippen LogP contribution is 2.61. The molecule has 3 heteroatoms. The molecule has 6 aliphatic rings. The highest BCUT2D eigenvalue weighted by Gasteiger charge is 2.52. The zero-order valence-electron chi connectivity index (χ0n) is 20.9. The lowest BCUT2D eigenvalue weighted by Gasteiger charge is -2.57. The summed E-state index contributed by atoms with van der Waals surface area (Å²) in [5.74, 6) is 4.96. The Morgan fingerprint density at radius 1 is 0.703 bits per heavy atom. The minimum Gasteiger partial charge on any atom is -0.458 e. The van der Waals surface area contributed by atoms with Gasteiger partial charge in [-0.3, -0.25) is 0 Å². The first-order valence-corrected chi connectivity index (χ1v) is 14.2. The van der Waals surface area contributed by atoms with Crippen LogP contribution in [-0.2, 0) is 5.41 Å². The molecule has 0 atom stereocenters. The van der Waals surface area contributed by atoms with Crippen molar-refractivity contribution in [2.24, 2.45) is 17.8 Å². The van der Waals surface area contributed by atoms with Crippen LogP contribution in [0.3, 0.4) is 0 Å². The van der Waals surface area contributed by atoms with Gasteiger partial charge < -0.3 is 9.30 Å². The summed E-state index contributed by atoms with van der Waals surface area (Å²) in [7, 11) is 0. The highest BCUT2D eigenvalue weighted by molar-refractivity contribution is 6.99. The van der Waals surface area contributed by atoms with Crippen LogP contribution in [0.5, 0.6) is 11.5 Å². The molecule has 5 aromatic rings. The van der Waals surface area contributed by atoms with Gasteiger partial charge in [0.25, 0.3) is 6.71 Å². The first-order chi connectivity index (χ1) is 18.3. The summed E-state index contributed by atoms with van der Waals surface area (Å²) in [6.45, 7) is 0.209. The predicted octanol–water partition coefficient (Wildman–Crippen LogP) is 6.19. The second kappa shape index (κ2) is 6.51. The third-order valence-electron chi connectivity index (χ3n) is 10.8. The fourth-order valence-corrected chi connectivity index (χ4v) is 9.89. The van der Waals surface area contributed by atoms with Crippen molar-refractivity contribution in [2.45, 2.75) is 43.9 Å². The molecule has 4 saturated carbocycles. The smallest absolute Gasteiger partial charge is 0.256 e. The molecule has 37 heavy (non-hydrogen) atoms. The van der Waals surface area contributed by atoms with E-state index in [0.29, 0.717) is 5.41 Å². The van der Waals surface area contributed by atoms with Crippen LogP contribution < -0.4 is 21.1 Å². The van der Waals surface area contributed by atoms with Crippen LogP contribution in [-0.4, -0.2) is 11.3 Å². The summed E-state index contributed by atoms with van der Waals surface area (Å²) in [5.41, 5.74) is 9.89. The van der Waals surface area contributed by atoms with Crippen molar-refractivity contribution >= 4 is 44.9 Å². The van der Waals surface area contributed by atoms with E-state index in [2.05, 4.69) is 83.4 Å². The first kappa shape index (κ1) is 19.6. The molecule has 11 rings (SSSR count). The zero-order chi connectivity index (χ0) is 23.9. The standard InChI is InChI=1S/C34H28BNO/c1-2-8-28-24(5-1)25-6-3-7-27-33(25)36(28)29-9-4-10-30-32(29)35(27)26-12-11-23(16-31(26)37-30)34-17-20-13-21(18-34)15-22(14-20)19-34/h1-12,16,20-22H,13-15,17-19H2. The number of hydrogen-bond donors (Lipinski definition) is 0. The average Bonchev–Trinajstić information content (AvgIpc) is 3.25. The topological polar surface area (TPSA) is 14.2 Å². The lowest BCUT2D eigenvalue weighted by molar-refractivity contribution is -0.00524. The summed E-state index contributed by atoms with van der Waals surface area (Å²) in [6.07, 6.45) is 8.62. The van der Waals surface area contributed by atoms with Gasteiger partial charge in [0.2, 0.25) is 0 Å². The number of rotatable bonds is 1. The van der Waals surface area contributed by atoms with E-state index in [0.717, 1.165) is 29.3 Å². The number of hydrogen-bond acceptors (Lipinski definition) is 1. The van der Waals surface area contributed by atoms with E-state index in [1.165, 1.54) is 82.4 Å². The Morgan fingerprint density at radius 2 is 1.46 bits per heavy atom. The third-order valence-corrected chi connectivity index (χ3v) is 10.8. The number of aromatic nitrogens is 1. The number of fused-ring (bicyclic) bond motifs is 7. The van der Waals surface area contributed by atoms with Crippen LogP contribution in [0.2, 0.25) is 0 Å². The maximum Gasteiger partial charge on any atom is 0.256 e. The summed E-state index contributed by atoms with van der Waals surface area (Å²) in [6, 6.07) is 29.8. The molecule has 4 bridgehead atoms. The molecule has 2 aliphatic heterocycles. The second-order valence-corrected chi connectivity index (χ2v) is 12.8. The van der Waals surface area contributed by atoms with Gasteiger partial charge in [0.15, 0.2) is 0 Å². The lowest BCUT2D eigenvalue weighted by Crippen LogP contribution is -2.58. The molecule has 4 fully saturated rings. The van der Waals surface area contributed by atoms with E-state index in [4.69, 9.17) is 4.74 Å². The Kier molecular flexibility index (Phi) is 3.45. The highest BCUT2D eigenvalue weighted by atomic mass is 16.5. The largest absolute Gasteiger partial charge is 0.458 e. The summed E-state index contributed by atoms with van der Waals surface area (Å²) < 4.78 is 9.29. The SMILES string of the molecule is c1cc2c3c(c1)-n1c4ccccc4c4cccc(c41)B3c1ccc(C34CC5CC(CC(C5)C3)C4)cc1O2. The van der Waals surface area contributed by atoms with Crippen molar-refractivity contribution in [2.75, 3.05) is 0 Å². The normalized spacial score (nSPS) is 27.9. The summed E-state index contributed by atoms with van der Waals surface area (Å²) >= 11 is 0. The molecule has 1 aromatic heterocycles. The Hall–Kier alpha value is -3.46. The Balaban J connectivity index is 1.22. The fourth-order valence-electron chi connectivity index (χ4n) is 9.89. The van der Waals surface area contributed by atoms with Crippen molar-refractivity contribution in [3.8, 4) is 17.2 Å². The summed E-state index contributed by atoms with van der Waals surface area (Å²) in [5, 5.41) is 2.68. The summed E-state index contributed by atoms with van der Waals surface area (Å²) in [4.78, 5) is 0. The molecule has 3 heterocycles. The zero-order valence-corrected chi connectivity index (χ0v) is 20.9. The van der Waals surface area contributed by atoms with Crippen molar-refractivity contribution in [1.29, 1.82) is 0 Å². The van der Waals surface area contributed by atoms with Crippen LogP contribution in [0, 0.1) is 17.8 Å². The van der Waals surface area contributed by atoms with Crippen molar-refractivity contribution in [3.05, 3.63) is 84.4 Å². The number of nitrogens with zero attached hydrogens (tertiary/aromatic N) is 1. The van der Waals surface area contributed by atoms with Crippen molar-refractivity contribution in [1.82, 2.24) is 4.57 Å². The molecule has 0 spiro atoms. The predicted molar refractivity (Wildman–Crippen MR) is 152 cm³/mol. The van der Waals surface area contributed by atoms with E-state index in [1.54, 1.807) is 5.56 Å². The Morgan fingerprint density at radius 3 is 2.30 bits per heavy atom. The van der Waals surface area contributed by atoms with Crippen LogP contribution in [0.25, 0.3) is 27.5 Å². The monoisotopic (exact) mass is 477 g/mol. The maximum atomic E-state index is 6.81. The van der Waals surface area contributed by atoms with Gasteiger partial charge in [0, 0.05) is 22.0 Å². The van der Waals surface area contributed by atoms with Crippen LogP contribution in [0.4, 0.5) is 0 Å². The maximum absolute atomic E-state index is 6.81. The second-order valence-electron chi connectivity index (χ2n) is 12.8. The Labute approximate surface area is 217 Å². The molecule has 0 N–H and O–H groups in total. The third kappa shape index (κ3) is 2.36. The van der Waals surface area contributed by atoms with Gasteiger partial charge in [0.1, 0.15) is 11.5 Å². The first-order valence-electron chi connectivity index (χ1n) is 14.2. The van der Waals surface area contributed by atoms with Gasteiger partial charge in [-0.15, -0.1) is 0 Å². The number of benzene rings is 4. The van der Waals surface area contributed by atoms with E-state index < -0.39 is 0 Å². The lowest BCUT2D eigenvalue weighted by atomic mass is 9.34. The van der Waals surface area contributed by atoms with Crippen molar-refractivity contribution in [3.63, 3.8) is 0 Å². The fraction of sp³-hybridized carbons (Fsp3) is 0.294. The van der Waals surface area contributed by atoms with E-state index in [-0.39, 0.29) is 6.71 Å². The molecule has 4 aliphatic carbocycles. The van der Waals surface area contributed by atoms with E-state index in [1.807, 2.05) is 0 Å². The van der Waals surface area contributed by atoms with Crippen LogP contribution in [0.1, 0.15) is 44.1 Å². The van der Waals surface area contributed by atoms with Gasteiger partial charge in [-0.25, -0.2) is 0 Å². The number of para-hydroxylation sites is 2. The van der Waals surface area contributed by atoms with Gasteiger partial charge in [0.05, 0.1) is 5.52 Å². The average molecular weight is 477 g/mol. The minimum absolute atomic E-state index is 0.209. The molecule has 0 radical (unpaired) electrons. The van der Waals surface area contributed by atoms with Gasteiger partial charge in [-0.05, 0) is 108 Å². The van der Waals surface area contributed by atoms with E-state index >= 15 is 0 Å². The van der Waals surface area contributed by atoms with Crippen LogP contribution in [0.15, 0.2) is 78.9 Å². The molecular weight excluding hydrogens is 449 g/mol. The number of ether oxygens (including phenoxy) is 1. The molecule has 0 amide bonds. The molecule has 0 saturated heterocycles. The molecule has 0 unspecified atom stereocenters. The molecular formula is C34H28BNO. The molecule has 178 valence electrons. The quantitative estimate of drug-likeness (QED) is 0.257. The molecule has 4 aromatic carbocycles. The van der Waals surface area contributed by atoms with Gasteiger partial charge in [-0.1, -0.05) is 54.6 Å². The van der Waals surface area contributed by atoms with Gasteiger partial charge in [-0.2, -0.15) is 0 Å². The van der Waals surface area contributed by atoms with Gasteiger partial charge >= 0.3 is 0 Å². The van der Waals surface area contributed by atoms with Crippen molar-refractivity contribution < 1.29 is 4.74 Å². The Bertz CT molecular complexity index is 1780. The van der Waals surface area contributed by atoms with E-state index in [9.17, 15) is 0 Å². The molecule has 2 nitrogen and oxygen atoms in total. The minimum atomic E-state index is 0.209.